The van der Waals surface area contributed by atoms with Crippen molar-refractivity contribution in [3.8, 4) is 0 Å². The molecule has 134 valence electrons. The number of alkyl halides is 3. The van der Waals surface area contributed by atoms with Crippen LogP contribution >= 0.6 is 0 Å². The molecule has 1 saturated heterocycles. The van der Waals surface area contributed by atoms with E-state index in [1.165, 1.54) is 6.07 Å². The van der Waals surface area contributed by atoms with Gasteiger partial charge in [0.2, 0.25) is 5.91 Å². The van der Waals surface area contributed by atoms with Crippen LogP contribution in [0, 0.1) is 5.92 Å². The third-order valence-corrected chi connectivity index (χ3v) is 4.24. The van der Waals surface area contributed by atoms with Crippen LogP contribution in [0.5, 0.6) is 0 Å². The summed E-state index contributed by atoms with van der Waals surface area (Å²) in [4.78, 5) is 14.3. The first kappa shape index (κ1) is 18.6. The normalized spacial score (nSPS) is 16.8. The molecule has 24 heavy (non-hydrogen) atoms. The number of piperidine rings is 1. The molecule has 0 radical (unpaired) electrons. The molecule has 1 aromatic carbocycles. The summed E-state index contributed by atoms with van der Waals surface area (Å²) in [7, 11) is 1.73. The van der Waals surface area contributed by atoms with Gasteiger partial charge in [-0.2, -0.15) is 13.2 Å². The Morgan fingerprint density at radius 3 is 2.50 bits per heavy atom. The molecule has 7 heteroatoms. The monoisotopic (exact) mass is 343 g/mol. The van der Waals surface area contributed by atoms with Crippen molar-refractivity contribution in [2.45, 2.75) is 32.4 Å². The molecule has 1 aromatic rings. The first-order valence-corrected chi connectivity index (χ1v) is 8.24. The zero-order valence-corrected chi connectivity index (χ0v) is 14.0. The lowest BCUT2D eigenvalue weighted by Crippen LogP contribution is -2.32. The van der Waals surface area contributed by atoms with Crippen molar-refractivity contribution in [2.75, 3.05) is 36.9 Å². The van der Waals surface area contributed by atoms with Crippen LogP contribution in [0.25, 0.3) is 0 Å². The van der Waals surface area contributed by atoms with Gasteiger partial charge in [-0.15, -0.1) is 0 Å². The zero-order valence-electron chi connectivity index (χ0n) is 14.0. The second kappa shape index (κ2) is 7.88. The van der Waals surface area contributed by atoms with Gasteiger partial charge in [0.1, 0.15) is 0 Å². The predicted molar refractivity (Wildman–Crippen MR) is 89.2 cm³/mol. The van der Waals surface area contributed by atoms with E-state index in [0.717, 1.165) is 44.5 Å². The molecule has 1 fully saturated rings. The molecule has 1 atom stereocenters. The summed E-state index contributed by atoms with van der Waals surface area (Å²) in [6.45, 7) is 3.78. The molecular weight excluding hydrogens is 319 g/mol. The highest BCUT2D eigenvalue weighted by molar-refractivity contribution is 5.96. The highest BCUT2D eigenvalue weighted by Gasteiger charge is 2.32. The van der Waals surface area contributed by atoms with Crippen LogP contribution in [0.3, 0.4) is 0 Å². The molecule has 0 aliphatic carbocycles. The number of carbonyl (C=O) groups excluding carboxylic acids is 1. The molecule has 0 aromatic heterocycles. The van der Waals surface area contributed by atoms with E-state index >= 15 is 0 Å². The minimum Gasteiger partial charge on any atom is -0.370 e. The molecule has 1 unspecified atom stereocenters. The van der Waals surface area contributed by atoms with Crippen molar-refractivity contribution in [2.24, 2.45) is 5.92 Å². The fraction of sp³-hybridized carbons (Fsp3) is 0.588. The Balaban J connectivity index is 2.30. The quantitative estimate of drug-likeness (QED) is 0.860. The van der Waals surface area contributed by atoms with E-state index in [0.29, 0.717) is 12.2 Å². The third-order valence-electron chi connectivity index (χ3n) is 4.24. The number of benzene rings is 1. The van der Waals surface area contributed by atoms with E-state index in [9.17, 15) is 18.0 Å². The van der Waals surface area contributed by atoms with Crippen LogP contribution in [0.15, 0.2) is 18.2 Å². The van der Waals surface area contributed by atoms with Crippen LogP contribution in [0.4, 0.5) is 24.5 Å². The van der Waals surface area contributed by atoms with Crippen LogP contribution in [0.1, 0.15) is 31.7 Å². The number of hydrogen-bond acceptors (Lipinski definition) is 3. The lowest BCUT2D eigenvalue weighted by Gasteiger charge is -2.31. The van der Waals surface area contributed by atoms with Gasteiger partial charge in [-0.05, 0) is 44.5 Å². The van der Waals surface area contributed by atoms with Gasteiger partial charge in [-0.1, -0.05) is 6.92 Å². The van der Waals surface area contributed by atoms with Crippen LogP contribution in [0.2, 0.25) is 0 Å². The molecule has 1 aliphatic heterocycles. The van der Waals surface area contributed by atoms with Crippen molar-refractivity contribution in [1.29, 1.82) is 0 Å². The van der Waals surface area contributed by atoms with E-state index in [1.807, 2.05) is 4.90 Å². The molecule has 0 saturated carbocycles. The van der Waals surface area contributed by atoms with E-state index in [2.05, 4.69) is 10.6 Å². The zero-order chi connectivity index (χ0) is 17.7. The molecular formula is C17H24F3N3O. The molecule has 1 amide bonds. The first-order chi connectivity index (χ1) is 11.3. The minimum absolute atomic E-state index is 0.236. The Labute approximate surface area is 140 Å². The average molecular weight is 343 g/mol. The number of nitrogens with zero attached hydrogens (tertiary/aromatic N) is 1. The van der Waals surface area contributed by atoms with Gasteiger partial charge in [0, 0.05) is 25.6 Å². The molecule has 2 N–H and O–H groups in total. The summed E-state index contributed by atoms with van der Waals surface area (Å²) in [5.41, 5.74) is 0.146. The minimum atomic E-state index is -4.43. The highest BCUT2D eigenvalue weighted by Crippen LogP contribution is 2.36. The van der Waals surface area contributed by atoms with E-state index < -0.39 is 11.7 Å². The van der Waals surface area contributed by atoms with Crippen LogP contribution in [-0.2, 0) is 11.0 Å². The topological polar surface area (TPSA) is 44.4 Å². The standard InChI is InChI=1S/C17H24F3N3O/c1-12(11-21-2)16(24)22-14-10-13(17(18,19)20)6-7-15(14)23-8-4-3-5-9-23/h6-7,10,12,21H,3-5,8-9,11H2,1-2H3,(H,22,24). The Morgan fingerprint density at radius 1 is 1.25 bits per heavy atom. The summed E-state index contributed by atoms with van der Waals surface area (Å²) in [6, 6.07) is 3.58. The lowest BCUT2D eigenvalue weighted by molar-refractivity contribution is -0.137. The summed E-state index contributed by atoms with van der Waals surface area (Å²) < 4.78 is 39.1. The Morgan fingerprint density at radius 2 is 1.92 bits per heavy atom. The van der Waals surface area contributed by atoms with Gasteiger partial charge < -0.3 is 15.5 Å². The van der Waals surface area contributed by atoms with Gasteiger partial charge in [0.05, 0.1) is 16.9 Å². The number of carbonyl (C=O) groups is 1. The number of halogens is 3. The molecule has 2 rings (SSSR count). The van der Waals surface area contributed by atoms with Crippen molar-refractivity contribution < 1.29 is 18.0 Å². The molecule has 1 heterocycles. The average Bonchev–Trinajstić information content (AvgIpc) is 2.55. The fourth-order valence-corrected chi connectivity index (χ4v) is 2.88. The summed E-state index contributed by atoms with van der Waals surface area (Å²) in [6.07, 6.45) is -1.30. The SMILES string of the molecule is CNCC(C)C(=O)Nc1cc(C(F)(F)F)ccc1N1CCCCC1. The molecule has 0 bridgehead atoms. The van der Waals surface area contributed by atoms with E-state index in [-0.39, 0.29) is 17.5 Å². The first-order valence-electron chi connectivity index (χ1n) is 8.24. The molecule has 4 nitrogen and oxygen atoms in total. The van der Waals surface area contributed by atoms with Crippen LogP contribution < -0.4 is 15.5 Å². The van der Waals surface area contributed by atoms with Gasteiger partial charge >= 0.3 is 6.18 Å². The Hall–Kier alpha value is -1.76. The van der Waals surface area contributed by atoms with Gasteiger partial charge in [-0.3, -0.25) is 4.79 Å². The largest absolute Gasteiger partial charge is 0.416 e. The Kier molecular flexibility index (Phi) is 6.10. The van der Waals surface area contributed by atoms with Crippen molar-refractivity contribution in [3.63, 3.8) is 0 Å². The number of anilines is 2. The fourth-order valence-electron chi connectivity index (χ4n) is 2.88. The predicted octanol–water partition coefficient (Wildman–Crippen LogP) is 3.49. The maximum atomic E-state index is 13.0. The van der Waals surface area contributed by atoms with Crippen molar-refractivity contribution in [3.05, 3.63) is 23.8 Å². The number of rotatable bonds is 5. The van der Waals surface area contributed by atoms with E-state index in [1.54, 1.807) is 14.0 Å². The van der Waals surface area contributed by atoms with Gasteiger partial charge in [-0.25, -0.2) is 0 Å². The van der Waals surface area contributed by atoms with Gasteiger partial charge in [0.25, 0.3) is 0 Å². The maximum absolute atomic E-state index is 13.0. The molecule has 1 aliphatic rings. The second-order valence-electron chi connectivity index (χ2n) is 6.23. The van der Waals surface area contributed by atoms with E-state index in [4.69, 9.17) is 0 Å². The number of amides is 1. The third kappa shape index (κ3) is 4.63. The number of nitrogens with one attached hydrogen (secondary N) is 2. The maximum Gasteiger partial charge on any atom is 0.416 e. The number of hydrogen-bond donors (Lipinski definition) is 2. The second-order valence-corrected chi connectivity index (χ2v) is 6.23. The van der Waals surface area contributed by atoms with Crippen molar-refractivity contribution >= 4 is 17.3 Å². The lowest BCUT2D eigenvalue weighted by atomic mass is 10.1. The Bertz CT molecular complexity index is 569. The summed E-state index contributed by atoms with van der Waals surface area (Å²) >= 11 is 0. The van der Waals surface area contributed by atoms with Crippen LogP contribution in [-0.4, -0.2) is 32.6 Å². The molecule has 0 spiro atoms. The van der Waals surface area contributed by atoms with Crippen molar-refractivity contribution in [1.82, 2.24) is 5.32 Å². The van der Waals surface area contributed by atoms with Gasteiger partial charge in [0.15, 0.2) is 0 Å². The highest BCUT2D eigenvalue weighted by atomic mass is 19.4. The summed E-state index contributed by atoms with van der Waals surface area (Å²) in [5.74, 6) is -0.624. The summed E-state index contributed by atoms with van der Waals surface area (Å²) in [5, 5.41) is 5.58. The smallest absolute Gasteiger partial charge is 0.370 e.